The summed E-state index contributed by atoms with van der Waals surface area (Å²) in [6, 6.07) is 35.3. The number of rotatable bonds is 14. The van der Waals surface area contributed by atoms with Gasteiger partial charge in [-0.15, -0.1) is 0 Å². The monoisotopic (exact) mass is 450 g/mol. The van der Waals surface area contributed by atoms with Crippen LogP contribution in [0.15, 0.2) is 97.1 Å². The lowest BCUT2D eigenvalue weighted by Gasteiger charge is -2.09. The third kappa shape index (κ3) is 8.13. The molecule has 0 amide bonds. The predicted octanol–water partition coefficient (Wildman–Crippen LogP) is 7.06. The van der Waals surface area contributed by atoms with Crippen molar-refractivity contribution >= 4 is 10.8 Å². The SMILES string of the molecule is c1ccc(CCCCNCc2ccc3cc(CNCCCCc4ccccc4)ccc3c2)cc1. The van der Waals surface area contributed by atoms with Crippen LogP contribution in [0.5, 0.6) is 0 Å². The number of hydrogen-bond acceptors (Lipinski definition) is 2. The van der Waals surface area contributed by atoms with Crippen LogP contribution in [0, 0.1) is 0 Å². The van der Waals surface area contributed by atoms with Gasteiger partial charge in [0.25, 0.3) is 0 Å². The zero-order valence-corrected chi connectivity index (χ0v) is 20.3. The first-order valence-corrected chi connectivity index (χ1v) is 12.9. The number of nitrogens with one attached hydrogen (secondary N) is 2. The molecule has 2 nitrogen and oxygen atoms in total. The fourth-order valence-corrected chi connectivity index (χ4v) is 4.48. The van der Waals surface area contributed by atoms with Gasteiger partial charge in [0.15, 0.2) is 0 Å². The minimum atomic E-state index is 0.938. The average Bonchev–Trinajstić information content (AvgIpc) is 2.89. The maximum atomic E-state index is 3.61. The molecule has 4 rings (SSSR count). The van der Waals surface area contributed by atoms with E-state index in [0.29, 0.717) is 0 Å². The van der Waals surface area contributed by atoms with Gasteiger partial charge in [-0.2, -0.15) is 0 Å². The Morgan fingerprint density at radius 3 is 1.29 bits per heavy atom. The van der Waals surface area contributed by atoms with Gasteiger partial charge in [-0.25, -0.2) is 0 Å². The molecular formula is C32H38N2. The Balaban J connectivity index is 1.12. The summed E-state index contributed by atoms with van der Waals surface area (Å²) in [7, 11) is 0. The molecule has 0 heterocycles. The third-order valence-electron chi connectivity index (χ3n) is 6.45. The zero-order valence-electron chi connectivity index (χ0n) is 20.3. The lowest BCUT2D eigenvalue weighted by molar-refractivity contribution is 0.622. The van der Waals surface area contributed by atoms with Gasteiger partial charge in [0.2, 0.25) is 0 Å². The minimum absolute atomic E-state index is 0.938. The Labute approximate surface area is 205 Å². The van der Waals surface area contributed by atoms with Crippen molar-refractivity contribution in [3.8, 4) is 0 Å². The van der Waals surface area contributed by atoms with Crippen molar-refractivity contribution in [2.24, 2.45) is 0 Å². The highest BCUT2D eigenvalue weighted by molar-refractivity contribution is 5.83. The van der Waals surface area contributed by atoms with Crippen molar-refractivity contribution in [2.75, 3.05) is 13.1 Å². The normalized spacial score (nSPS) is 11.2. The predicted molar refractivity (Wildman–Crippen MR) is 146 cm³/mol. The first-order valence-electron chi connectivity index (χ1n) is 12.9. The first-order chi connectivity index (χ1) is 16.9. The van der Waals surface area contributed by atoms with E-state index in [-0.39, 0.29) is 0 Å². The quantitative estimate of drug-likeness (QED) is 0.201. The van der Waals surface area contributed by atoms with Crippen LogP contribution in [0.4, 0.5) is 0 Å². The highest BCUT2D eigenvalue weighted by atomic mass is 14.8. The molecule has 0 aliphatic heterocycles. The van der Waals surface area contributed by atoms with Crippen LogP contribution in [0.1, 0.15) is 47.9 Å². The number of fused-ring (bicyclic) bond motifs is 1. The van der Waals surface area contributed by atoms with Crippen LogP contribution in [0.3, 0.4) is 0 Å². The molecule has 0 aromatic heterocycles. The highest BCUT2D eigenvalue weighted by Crippen LogP contribution is 2.18. The highest BCUT2D eigenvalue weighted by Gasteiger charge is 2.00. The molecule has 2 heteroatoms. The summed E-state index contributed by atoms with van der Waals surface area (Å²) in [6.07, 6.45) is 7.24. The van der Waals surface area contributed by atoms with Gasteiger partial charge in [-0.3, -0.25) is 0 Å². The second-order valence-corrected chi connectivity index (χ2v) is 9.25. The molecule has 4 aromatic carbocycles. The van der Waals surface area contributed by atoms with Gasteiger partial charge in [-0.05, 0) is 96.8 Å². The molecule has 0 unspecified atom stereocenters. The average molecular weight is 451 g/mol. The Hall–Kier alpha value is -2.94. The largest absolute Gasteiger partial charge is 0.313 e. The fraction of sp³-hybridized carbons (Fsp3) is 0.312. The van der Waals surface area contributed by atoms with Crippen LogP contribution in [-0.2, 0) is 25.9 Å². The van der Waals surface area contributed by atoms with Crippen molar-refractivity contribution < 1.29 is 0 Å². The lowest BCUT2D eigenvalue weighted by atomic mass is 10.0. The minimum Gasteiger partial charge on any atom is -0.313 e. The van der Waals surface area contributed by atoms with Crippen molar-refractivity contribution in [3.05, 3.63) is 119 Å². The fourth-order valence-electron chi connectivity index (χ4n) is 4.48. The summed E-state index contributed by atoms with van der Waals surface area (Å²) in [4.78, 5) is 0. The maximum Gasteiger partial charge on any atom is 0.0205 e. The molecule has 0 aliphatic rings. The topological polar surface area (TPSA) is 24.1 Å². The van der Waals surface area contributed by atoms with E-state index in [2.05, 4.69) is 108 Å². The molecule has 0 saturated carbocycles. The molecular weight excluding hydrogens is 412 g/mol. The number of hydrogen-bond donors (Lipinski definition) is 2. The number of benzene rings is 4. The lowest BCUT2D eigenvalue weighted by Crippen LogP contribution is -2.15. The van der Waals surface area contributed by atoms with Gasteiger partial charge in [0.05, 0.1) is 0 Å². The summed E-state index contributed by atoms with van der Waals surface area (Å²) in [5.41, 5.74) is 5.60. The molecule has 0 bridgehead atoms. The van der Waals surface area contributed by atoms with E-state index >= 15 is 0 Å². The van der Waals surface area contributed by atoms with Gasteiger partial charge in [-0.1, -0.05) is 84.9 Å². The van der Waals surface area contributed by atoms with Crippen LogP contribution < -0.4 is 10.6 Å². The Morgan fingerprint density at radius 2 is 0.853 bits per heavy atom. The van der Waals surface area contributed by atoms with Crippen molar-refractivity contribution in [2.45, 2.75) is 51.6 Å². The maximum absolute atomic E-state index is 3.61. The van der Waals surface area contributed by atoms with E-state index in [1.807, 2.05) is 0 Å². The summed E-state index contributed by atoms with van der Waals surface area (Å²) in [6.45, 7) is 4.02. The van der Waals surface area contributed by atoms with Crippen LogP contribution in [-0.4, -0.2) is 13.1 Å². The van der Waals surface area contributed by atoms with Crippen LogP contribution in [0.25, 0.3) is 10.8 Å². The summed E-state index contributed by atoms with van der Waals surface area (Å²) in [5.74, 6) is 0. The molecule has 0 fully saturated rings. The molecule has 176 valence electrons. The van der Waals surface area contributed by atoms with Gasteiger partial charge in [0.1, 0.15) is 0 Å². The molecule has 2 N–H and O–H groups in total. The van der Waals surface area contributed by atoms with E-state index in [9.17, 15) is 0 Å². The zero-order chi connectivity index (χ0) is 23.3. The van der Waals surface area contributed by atoms with Gasteiger partial charge in [0, 0.05) is 13.1 Å². The first kappa shape index (κ1) is 24.2. The number of aryl methyl sites for hydroxylation is 2. The number of unbranched alkanes of at least 4 members (excludes halogenated alkanes) is 2. The van der Waals surface area contributed by atoms with E-state index in [1.54, 1.807) is 0 Å². The Kier molecular flexibility index (Phi) is 9.74. The standard InChI is InChI=1S/C32H38N2/c1-3-11-27(12-4-1)15-7-9-21-33-25-29-17-19-32-24-30(18-20-31(32)23-29)26-34-22-10-8-16-28-13-5-2-6-14-28/h1-6,11-14,17-20,23-24,33-34H,7-10,15-16,21-22,25-26H2. The second kappa shape index (κ2) is 13.7. The third-order valence-corrected chi connectivity index (χ3v) is 6.45. The van der Waals surface area contributed by atoms with Gasteiger partial charge >= 0.3 is 0 Å². The molecule has 0 radical (unpaired) electrons. The molecule has 0 aliphatic carbocycles. The molecule has 34 heavy (non-hydrogen) atoms. The Morgan fingerprint density at radius 1 is 0.412 bits per heavy atom. The smallest absolute Gasteiger partial charge is 0.0205 e. The van der Waals surface area contributed by atoms with E-state index < -0.39 is 0 Å². The Bertz CT molecular complexity index is 1010. The molecule has 0 spiro atoms. The molecule has 4 aromatic rings. The second-order valence-electron chi connectivity index (χ2n) is 9.25. The van der Waals surface area contributed by atoms with Crippen molar-refractivity contribution in [1.82, 2.24) is 10.6 Å². The van der Waals surface area contributed by atoms with E-state index in [0.717, 1.165) is 26.2 Å². The van der Waals surface area contributed by atoms with Crippen molar-refractivity contribution in [3.63, 3.8) is 0 Å². The molecule has 0 atom stereocenters. The van der Waals surface area contributed by atoms with E-state index in [4.69, 9.17) is 0 Å². The van der Waals surface area contributed by atoms with Crippen LogP contribution >= 0.6 is 0 Å². The van der Waals surface area contributed by atoms with Crippen molar-refractivity contribution in [1.29, 1.82) is 0 Å². The van der Waals surface area contributed by atoms with E-state index in [1.165, 1.54) is 71.6 Å². The summed E-state index contributed by atoms with van der Waals surface area (Å²) < 4.78 is 0. The van der Waals surface area contributed by atoms with Crippen LogP contribution in [0.2, 0.25) is 0 Å². The summed E-state index contributed by atoms with van der Waals surface area (Å²) >= 11 is 0. The molecule has 0 saturated heterocycles. The van der Waals surface area contributed by atoms with Gasteiger partial charge < -0.3 is 10.6 Å². The summed E-state index contributed by atoms with van der Waals surface area (Å²) in [5, 5.41) is 9.88.